The highest BCUT2D eigenvalue weighted by molar-refractivity contribution is 7.92. The van der Waals surface area contributed by atoms with E-state index in [4.69, 9.17) is 16.3 Å². The van der Waals surface area contributed by atoms with E-state index >= 15 is 0 Å². The molecule has 1 aliphatic heterocycles. The molecule has 1 heterocycles. The van der Waals surface area contributed by atoms with Crippen molar-refractivity contribution in [3.63, 3.8) is 0 Å². The lowest BCUT2D eigenvalue weighted by Gasteiger charge is -2.34. The summed E-state index contributed by atoms with van der Waals surface area (Å²) in [6.45, 7) is 1.73. The van der Waals surface area contributed by atoms with Crippen molar-refractivity contribution in [1.82, 2.24) is 0 Å². The number of ether oxygens (including phenoxy) is 1. The molecule has 0 saturated carbocycles. The molecule has 0 aromatic heterocycles. The number of carbonyl (C=O) groups excluding carboxylic acids is 1. The fourth-order valence-electron chi connectivity index (χ4n) is 3.19. The lowest BCUT2D eigenvalue weighted by atomic mass is 10.2. The molecular formula is C22H19ClN2O4S. The average molecular weight is 443 g/mol. The largest absolute Gasteiger partial charge is 0.476 e. The van der Waals surface area contributed by atoms with Crippen LogP contribution < -0.4 is 14.4 Å². The first-order valence-corrected chi connectivity index (χ1v) is 11.1. The van der Waals surface area contributed by atoms with Gasteiger partial charge in [0, 0.05) is 10.7 Å². The lowest BCUT2D eigenvalue weighted by Crippen LogP contribution is -2.48. The summed E-state index contributed by atoms with van der Waals surface area (Å²) in [6.07, 6.45) is -1.03. The summed E-state index contributed by atoms with van der Waals surface area (Å²) < 4.78 is 33.8. The number of nitrogens with one attached hydrogen (secondary N) is 1. The zero-order chi connectivity index (χ0) is 21.3. The molecule has 0 aliphatic carbocycles. The van der Waals surface area contributed by atoms with E-state index in [1.54, 1.807) is 72.8 Å². The van der Waals surface area contributed by atoms with E-state index in [0.717, 1.165) is 5.56 Å². The van der Waals surface area contributed by atoms with E-state index in [-0.39, 0.29) is 11.4 Å². The van der Waals surface area contributed by atoms with Crippen molar-refractivity contribution >= 4 is 38.9 Å². The summed E-state index contributed by atoms with van der Waals surface area (Å²) in [4.78, 5) is 13.0. The van der Waals surface area contributed by atoms with Crippen molar-refractivity contribution in [2.75, 3.05) is 16.2 Å². The molecule has 3 aromatic carbocycles. The molecule has 0 bridgehead atoms. The van der Waals surface area contributed by atoms with Crippen LogP contribution in [0, 0.1) is 6.92 Å². The molecule has 1 atom stereocenters. The van der Waals surface area contributed by atoms with Crippen molar-refractivity contribution in [2.45, 2.75) is 17.9 Å². The molecule has 3 aromatic rings. The topological polar surface area (TPSA) is 75.7 Å². The quantitative estimate of drug-likeness (QED) is 0.655. The minimum Gasteiger partial charge on any atom is -0.476 e. The Morgan fingerprint density at radius 3 is 2.53 bits per heavy atom. The molecule has 6 nitrogen and oxygen atoms in total. The highest BCUT2D eigenvalue weighted by Gasteiger charge is 2.37. The summed E-state index contributed by atoms with van der Waals surface area (Å²) in [5.74, 6) is -0.137. The summed E-state index contributed by atoms with van der Waals surface area (Å²) in [5.41, 5.74) is 1.85. The Labute approximate surface area is 180 Å². The number of carbonyl (C=O) groups is 1. The maximum atomic E-state index is 13.4. The predicted molar refractivity (Wildman–Crippen MR) is 117 cm³/mol. The van der Waals surface area contributed by atoms with E-state index in [9.17, 15) is 13.2 Å². The molecule has 1 aliphatic rings. The van der Waals surface area contributed by atoms with Crippen LogP contribution in [0.25, 0.3) is 0 Å². The summed E-state index contributed by atoms with van der Waals surface area (Å²) in [7, 11) is -3.89. The first-order chi connectivity index (χ1) is 14.3. The maximum absolute atomic E-state index is 13.4. The summed E-state index contributed by atoms with van der Waals surface area (Å²) in [6, 6.07) is 20.1. The van der Waals surface area contributed by atoms with Gasteiger partial charge >= 0.3 is 0 Å². The highest BCUT2D eigenvalue weighted by atomic mass is 35.5. The Hall–Kier alpha value is -3.03. The number of anilines is 2. The third-order valence-electron chi connectivity index (χ3n) is 4.73. The van der Waals surface area contributed by atoms with Gasteiger partial charge in [0.2, 0.25) is 0 Å². The van der Waals surface area contributed by atoms with Crippen LogP contribution in [-0.4, -0.2) is 27.0 Å². The molecule has 4 rings (SSSR count). The number of hydrogen-bond donors (Lipinski definition) is 1. The number of para-hydroxylation sites is 2. The Morgan fingerprint density at radius 1 is 1.07 bits per heavy atom. The van der Waals surface area contributed by atoms with Crippen molar-refractivity contribution < 1.29 is 17.9 Å². The van der Waals surface area contributed by atoms with Gasteiger partial charge in [0.15, 0.2) is 6.10 Å². The van der Waals surface area contributed by atoms with Crippen LogP contribution in [0.4, 0.5) is 11.4 Å². The van der Waals surface area contributed by atoms with Crippen LogP contribution in [0.1, 0.15) is 5.56 Å². The number of sulfonamides is 1. The number of halogens is 1. The Balaban J connectivity index is 1.67. The van der Waals surface area contributed by atoms with Crippen molar-refractivity contribution in [1.29, 1.82) is 0 Å². The van der Waals surface area contributed by atoms with Crippen molar-refractivity contribution in [3.05, 3.63) is 83.4 Å². The van der Waals surface area contributed by atoms with Crippen LogP contribution in [-0.2, 0) is 14.8 Å². The van der Waals surface area contributed by atoms with Gasteiger partial charge in [-0.25, -0.2) is 8.42 Å². The van der Waals surface area contributed by atoms with Crippen molar-refractivity contribution in [2.24, 2.45) is 0 Å². The smallest absolute Gasteiger partial charge is 0.267 e. The second-order valence-electron chi connectivity index (χ2n) is 6.92. The van der Waals surface area contributed by atoms with Crippen LogP contribution in [0.3, 0.4) is 0 Å². The van der Waals surface area contributed by atoms with Gasteiger partial charge in [0.05, 0.1) is 17.1 Å². The second-order valence-corrected chi connectivity index (χ2v) is 9.22. The van der Waals surface area contributed by atoms with E-state index in [1.165, 1.54) is 4.31 Å². The predicted octanol–water partition coefficient (Wildman–Crippen LogP) is 4.24. The summed E-state index contributed by atoms with van der Waals surface area (Å²) >= 11 is 5.97. The molecule has 0 saturated heterocycles. The molecule has 1 N–H and O–H groups in total. The number of amides is 1. The van der Waals surface area contributed by atoms with E-state index in [0.29, 0.717) is 22.1 Å². The third-order valence-corrected chi connectivity index (χ3v) is 6.76. The fourth-order valence-corrected chi connectivity index (χ4v) is 4.86. The maximum Gasteiger partial charge on any atom is 0.267 e. The third kappa shape index (κ3) is 3.99. The molecule has 0 radical (unpaired) electrons. The zero-order valence-electron chi connectivity index (χ0n) is 16.1. The minimum absolute atomic E-state index is 0.152. The Bertz CT molecular complexity index is 1200. The number of fused-ring (bicyclic) bond motifs is 1. The standard InChI is InChI=1S/C22H19ClN2O4S/c1-15-9-11-18(12-10-15)30(27,28)25-14-21(29-20-8-3-2-7-19(20)25)22(26)24-17-6-4-5-16(23)13-17/h2-13,21H,14H2,1H3,(H,24,26)/t21-/m0/s1. The van der Waals surface area contributed by atoms with E-state index in [2.05, 4.69) is 5.32 Å². The second kappa shape index (κ2) is 8.01. The number of aryl methyl sites for hydroxylation is 1. The highest BCUT2D eigenvalue weighted by Crippen LogP contribution is 2.37. The van der Waals surface area contributed by atoms with Gasteiger partial charge in [-0.3, -0.25) is 9.10 Å². The fraction of sp³-hybridized carbons (Fsp3) is 0.136. The normalized spacial score (nSPS) is 15.8. The number of benzene rings is 3. The average Bonchev–Trinajstić information content (AvgIpc) is 2.73. The molecule has 154 valence electrons. The Morgan fingerprint density at radius 2 is 1.80 bits per heavy atom. The van der Waals surface area contributed by atoms with Gasteiger partial charge in [-0.15, -0.1) is 0 Å². The van der Waals surface area contributed by atoms with E-state index in [1.807, 2.05) is 6.92 Å². The molecule has 30 heavy (non-hydrogen) atoms. The van der Waals surface area contributed by atoms with E-state index < -0.39 is 22.0 Å². The number of nitrogens with zero attached hydrogens (tertiary/aromatic N) is 1. The van der Waals surface area contributed by atoms with Gasteiger partial charge in [0.1, 0.15) is 5.75 Å². The van der Waals surface area contributed by atoms with Crippen LogP contribution >= 0.6 is 11.6 Å². The van der Waals surface area contributed by atoms with Crippen molar-refractivity contribution in [3.8, 4) is 5.75 Å². The number of hydrogen-bond acceptors (Lipinski definition) is 4. The van der Waals surface area contributed by atoms with Crippen LogP contribution in [0.2, 0.25) is 5.02 Å². The van der Waals surface area contributed by atoms with Gasteiger partial charge in [-0.05, 0) is 49.4 Å². The Kier molecular flexibility index (Phi) is 5.40. The first kappa shape index (κ1) is 20.3. The van der Waals surface area contributed by atoms with Gasteiger partial charge in [-0.1, -0.05) is 47.5 Å². The van der Waals surface area contributed by atoms with Crippen LogP contribution in [0.15, 0.2) is 77.7 Å². The molecule has 0 unspecified atom stereocenters. The molecule has 0 spiro atoms. The minimum atomic E-state index is -3.89. The van der Waals surface area contributed by atoms with Gasteiger partial charge in [0.25, 0.3) is 15.9 Å². The molecular weight excluding hydrogens is 424 g/mol. The molecule has 1 amide bonds. The molecule has 0 fully saturated rings. The molecule has 8 heteroatoms. The summed E-state index contributed by atoms with van der Waals surface area (Å²) in [5, 5.41) is 3.21. The SMILES string of the molecule is Cc1ccc(S(=O)(=O)N2C[C@@H](C(=O)Nc3cccc(Cl)c3)Oc3ccccc32)cc1. The van der Waals surface area contributed by atoms with Crippen LogP contribution in [0.5, 0.6) is 5.75 Å². The zero-order valence-corrected chi connectivity index (χ0v) is 17.7. The van der Waals surface area contributed by atoms with Gasteiger partial charge < -0.3 is 10.1 Å². The first-order valence-electron chi connectivity index (χ1n) is 9.26. The lowest BCUT2D eigenvalue weighted by molar-refractivity contribution is -0.122. The van der Waals surface area contributed by atoms with Gasteiger partial charge in [-0.2, -0.15) is 0 Å². The number of rotatable bonds is 4. The monoisotopic (exact) mass is 442 g/mol.